The van der Waals surface area contributed by atoms with Gasteiger partial charge in [-0.05, 0) is 6.07 Å². The van der Waals surface area contributed by atoms with E-state index < -0.39 is 17.2 Å². The van der Waals surface area contributed by atoms with Crippen LogP contribution in [0.1, 0.15) is 11.5 Å². The van der Waals surface area contributed by atoms with E-state index in [0.29, 0.717) is 5.82 Å². The van der Waals surface area contributed by atoms with Crippen LogP contribution in [-0.4, -0.2) is 25.0 Å². The third-order valence-electron chi connectivity index (χ3n) is 3.01. The number of aryl methyl sites for hydroxylation is 1. The standard InChI is InChI=1S/C12H9F2N5O/c1-19-10(15-5-16-19)4-9-11-7(12(20)18-17-9)2-6(13)3-8(11)14/h2-3,5H,4H2,1H3,(H,18,20). The van der Waals surface area contributed by atoms with Crippen LogP contribution in [0, 0.1) is 11.6 Å². The Balaban J connectivity index is 2.24. The molecule has 0 spiro atoms. The molecule has 0 aliphatic heterocycles. The van der Waals surface area contributed by atoms with Crippen molar-refractivity contribution in [2.24, 2.45) is 7.05 Å². The topological polar surface area (TPSA) is 76.5 Å². The smallest absolute Gasteiger partial charge is 0.267 e. The summed E-state index contributed by atoms with van der Waals surface area (Å²) < 4.78 is 28.7. The first-order valence-corrected chi connectivity index (χ1v) is 5.75. The van der Waals surface area contributed by atoms with E-state index in [4.69, 9.17) is 0 Å². The molecular formula is C12H9F2N5O. The Morgan fingerprint density at radius 3 is 2.85 bits per heavy atom. The fraction of sp³-hybridized carbons (Fsp3) is 0.167. The average molecular weight is 277 g/mol. The monoisotopic (exact) mass is 277 g/mol. The number of aromatic nitrogens is 5. The van der Waals surface area contributed by atoms with Gasteiger partial charge in [-0.1, -0.05) is 0 Å². The summed E-state index contributed by atoms with van der Waals surface area (Å²) in [6.45, 7) is 0. The second kappa shape index (κ2) is 4.48. The molecule has 0 aliphatic rings. The van der Waals surface area contributed by atoms with Crippen LogP contribution in [0.15, 0.2) is 23.3 Å². The molecule has 0 atom stereocenters. The van der Waals surface area contributed by atoms with E-state index in [1.165, 1.54) is 11.0 Å². The van der Waals surface area contributed by atoms with Gasteiger partial charge < -0.3 is 0 Å². The Bertz CT molecular complexity index is 855. The van der Waals surface area contributed by atoms with Gasteiger partial charge in [0.2, 0.25) is 0 Å². The predicted molar refractivity (Wildman–Crippen MR) is 66.1 cm³/mol. The van der Waals surface area contributed by atoms with Gasteiger partial charge in [-0.3, -0.25) is 9.48 Å². The van der Waals surface area contributed by atoms with Crippen molar-refractivity contribution in [3.8, 4) is 0 Å². The number of H-pyrrole nitrogens is 1. The van der Waals surface area contributed by atoms with Crippen LogP contribution in [0.2, 0.25) is 0 Å². The van der Waals surface area contributed by atoms with Crippen molar-refractivity contribution >= 4 is 10.8 Å². The molecule has 2 aromatic heterocycles. The number of hydrogen-bond donors (Lipinski definition) is 1. The highest BCUT2D eigenvalue weighted by Crippen LogP contribution is 2.20. The molecule has 0 bridgehead atoms. The van der Waals surface area contributed by atoms with Crippen LogP contribution >= 0.6 is 0 Å². The second-order valence-electron chi connectivity index (χ2n) is 4.29. The highest BCUT2D eigenvalue weighted by Gasteiger charge is 2.15. The Kier molecular flexibility index (Phi) is 2.78. The van der Waals surface area contributed by atoms with Gasteiger partial charge >= 0.3 is 0 Å². The summed E-state index contributed by atoms with van der Waals surface area (Å²) in [5, 5.41) is 9.89. The number of nitrogens with one attached hydrogen (secondary N) is 1. The number of nitrogens with zero attached hydrogens (tertiary/aromatic N) is 4. The molecule has 0 saturated heterocycles. The van der Waals surface area contributed by atoms with Crippen LogP contribution in [0.3, 0.4) is 0 Å². The van der Waals surface area contributed by atoms with Crippen molar-refractivity contribution in [3.63, 3.8) is 0 Å². The van der Waals surface area contributed by atoms with Gasteiger partial charge in [0, 0.05) is 18.5 Å². The molecule has 0 amide bonds. The van der Waals surface area contributed by atoms with E-state index in [1.807, 2.05) is 0 Å². The molecular weight excluding hydrogens is 268 g/mol. The zero-order valence-corrected chi connectivity index (χ0v) is 10.4. The Morgan fingerprint density at radius 1 is 1.35 bits per heavy atom. The van der Waals surface area contributed by atoms with E-state index in [2.05, 4.69) is 20.3 Å². The molecule has 0 aliphatic carbocycles. The third kappa shape index (κ3) is 1.94. The maximum atomic E-state index is 13.9. The minimum Gasteiger partial charge on any atom is -0.267 e. The highest BCUT2D eigenvalue weighted by molar-refractivity contribution is 5.84. The zero-order valence-electron chi connectivity index (χ0n) is 10.4. The Hall–Kier alpha value is -2.64. The van der Waals surface area contributed by atoms with Crippen LogP contribution in [0.25, 0.3) is 10.8 Å². The number of aromatic amines is 1. The molecule has 0 saturated carbocycles. The molecule has 3 aromatic rings. The van der Waals surface area contributed by atoms with Gasteiger partial charge in [0.1, 0.15) is 23.8 Å². The summed E-state index contributed by atoms with van der Waals surface area (Å²) in [4.78, 5) is 15.6. The van der Waals surface area contributed by atoms with Crippen LogP contribution in [0.4, 0.5) is 8.78 Å². The largest absolute Gasteiger partial charge is 0.272 e. The van der Waals surface area contributed by atoms with E-state index in [9.17, 15) is 13.6 Å². The first kappa shape index (κ1) is 12.4. The number of fused-ring (bicyclic) bond motifs is 1. The minimum absolute atomic E-state index is 0.00171. The van der Waals surface area contributed by atoms with Gasteiger partial charge in [0.25, 0.3) is 5.56 Å². The summed E-state index contributed by atoms with van der Waals surface area (Å²) in [7, 11) is 1.69. The molecule has 3 rings (SSSR count). The van der Waals surface area contributed by atoms with E-state index in [-0.39, 0.29) is 22.9 Å². The van der Waals surface area contributed by atoms with Crippen molar-refractivity contribution < 1.29 is 8.78 Å². The zero-order chi connectivity index (χ0) is 14.3. The summed E-state index contributed by atoms with van der Waals surface area (Å²) in [5.74, 6) is -1.08. The van der Waals surface area contributed by atoms with Crippen LogP contribution in [-0.2, 0) is 13.5 Å². The molecule has 2 heterocycles. The van der Waals surface area contributed by atoms with Gasteiger partial charge in [-0.2, -0.15) is 10.2 Å². The lowest BCUT2D eigenvalue weighted by atomic mass is 10.1. The lowest BCUT2D eigenvalue weighted by Gasteiger charge is -2.06. The van der Waals surface area contributed by atoms with Gasteiger partial charge in [-0.25, -0.2) is 18.9 Å². The Labute approximate surface area is 111 Å². The minimum atomic E-state index is -0.823. The molecule has 6 nitrogen and oxygen atoms in total. The molecule has 1 aromatic carbocycles. The first-order valence-electron chi connectivity index (χ1n) is 5.75. The fourth-order valence-corrected chi connectivity index (χ4v) is 2.04. The quantitative estimate of drug-likeness (QED) is 0.755. The van der Waals surface area contributed by atoms with E-state index in [1.54, 1.807) is 7.05 Å². The summed E-state index contributed by atoms with van der Waals surface area (Å²) in [6.07, 6.45) is 1.53. The summed E-state index contributed by atoms with van der Waals surface area (Å²) in [6, 6.07) is 1.71. The number of benzene rings is 1. The molecule has 0 radical (unpaired) electrons. The molecule has 20 heavy (non-hydrogen) atoms. The van der Waals surface area contributed by atoms with Gasteiger partial charge in [0.05, 0.1) is 17.5 Å². The molecule has 0 unspecified atom stereocenters. The predicted octanol–water partition coefficient (Wildman–Crippen LogP) is 0.921. The summed E-state index contributed by atoms with van der Waals surface area (Å²) >= 11 is 0. The van der Waals surface area contributed by atoms with Gasteiger partial charge in [-0.15, -0.1) is 0 Å². The van der Waals surface area contributed by atoms with Crippen molar-refractivity contribution in [2.75, 3.05) is 0 Å². The van der Waals surface area contributed by atoms with Crippen LogP contribution in [0.5, 0.6) is 0 Å². The van der Waals surface area contributed by atoms with Crippen molar-refractivity contribution in [1.29, 1.82) is 0 Å². The fourth-order valence-electron chi connectivity index (χ4n) is 2.04. The van der Waals surface area contributed by atoms with E-state index in [0.717, 1.165) is 12.1 Å². The second-order valence-corrected chi connectivity index (χ2v) is 4.29. The maximum Gasteiger partial charge on any atom is 0.272 e. The normalized spacial score (nSPS) is 11.2. The molecule has 0 fully saturated rings. The Morgan fingerprint density at radius 2 is 2.15 bits per heavy atom. The van der Waals surface area contributed by atoms with Crippen LogP contribution < -0.4 is 5.56 Å². The molecule has 1 N–H and O–H groups in total. The van der Waals surface area contributed by atoms with Gasteiger partial charge in [0.15, 0.2) is 0 Å². The van der Waals surface area contributed by atoms with Crippen molar-refractivity contribution in [1.82, 2.24) is 25.0 Å². The number of halogens is 2. The number of rotatable bonds is 2. The number of hydrogen-bond acceptors (Lipinski definition) is 4. The van der Waals surface area contributed by atoms with Crippen molar-refractivity contribution in [3.05, 3.63) is 52.0 Å². The highest BCUT2D eigenvalue weighted by atomic mass is 19.1. The average Bonchev–Trinajstić information content (AvgIpc) is 2.78. The lowest BCUT2D eigenvalue weighted by molar-refractivity contribution is 0.590. The first-order chi connectivity index (χ1) is 9.56. The maximum absolute atomic E-state index is 13.9. The SMILES string of the molecule is Cn1ncnc1Cc1n[nH]c(=O)c2cc(F)cc(F)c12. The molecule has 102 valence electrons. The lowest BCUT2D eigenvalue weighted by Crippen LogP contribution is -2.14. The third-order valence-corrected chi connectivity index (χ3v) is 3.01. The summed E-state index contributed by atoms with van der Waals surface area (Å²) in [5.41, 5.74) is -0.367. The van der Waals surface area contributed by atoms with E-state index >= 15 is 0 Å². The van der Waals surface area contributed by atoms with Crippen molar-refractivity contribution in [2.45, 2.75) is 6.42 Å². The molecule has 8 heteroatoms.